The molecule has 0 aliphatic carbocycles. The lowest BCUT2D eigenvalue weighted by Crippen LogP contribution is -2.38. The van der Waals surface area contributed by atoms with E-state index in [1.165, 1.54) is 0 Å². The maximum absolute atomic E-state index is 11.6. The molecule has 0 unspecified atom stereocenters. The number of anilines is 1. The zero-order valence-corrected chi connectivity index (χ0v) is 17.2. The van der Waals surface area contributed by atoms with Crippen molar-refractivity contribution in [1.29, 1.82) is 0 Å². The summed E-state index contributed by atoms with van der Waals surface area (Å²) < 4.78 is 0. The van der Waals surface area contributed by atoms with Gasteiger partial charge in [0.25, 0.3) is 0 Å². The summed E-state index contributed by atoms with van der Waals surface area (Å²) in [6.45, 7) is 8.24. The van der Waals surface area contributed by atoms with E-state index in [4.69, 9.17) is 0 Å². The van der Waals surface area contributed by atoms with Crippen molar-refractivity contribution in [3.05, 3.63) is 45.9 Å². The van der Waals surface area contributed by atoms with E-state index in [0.717, 1.165) is 53.8 Å². The Labute approximate surface area is 165 Å². The van der Waals surface area contributed by atoms with Gasteiger partial charge < -0.3 is 16.0 Å². The molecule has 0 saturated carbocycles. The van der Waals surface area contributed by atoms with Gasteiger partial charge in [0.15, 0.2) is 5.96 Å². The highest BCUT2D eigenvalue weighted by molar-refractivity contribution is 7.09. The van der Waals surface area contributed by atoms with Gasteiger partial charge in [-0.05, 0) is 38.0 Å². The molecule has 0 aliphatic heterocycles. The molecular weight excluding hydrogens is 358 g/mol. The van der Waals surface area contributed by atoms with Gasteiger partial charge in [0.2, 0.25) is 5.91 Å². The predicted octanol–water partition coefficient (Wildman–Crippen LogP) is 3.49. The third-order valence-electron chi connectivity index (χ3n) is 3.82. The zero-order valence-electron chi connectivity index (χ0n) is 16.3. The van der Waals surface area contributed by atoms with Crippen LogP contribution in [0.25, 0.3) is 0 Å². The van der Waals surface area contributed by atoms with Crippen molar-refractivity contribution < 1.29 is 4.79 Å². The number of nitrogens with zero attached hydrogens (tertiary/aromatic N) is 2. The summed E-state index contributed by atoms with van der Waals surface area (Å²) in [5.41, 5.74) is 3.03. The minimum absolute atomic E-state index is 0.0530. The molecule has 0 saturated heterocycles. The fraction of sp³-hybridized carbons (Fsp3) is 0.450. The Bertz CT molecular complexity index is 739. The summed E-state index contributed by atoms with van der Waals surface area (Å²) in [6, 6.07) is 7.83. The third kappa shape index (κ3) is 7.78. The van der Waals surface area contributed by atoms with E-state index in [0.29, 0.717) is 13.0 Å². The van der Waals surface area contributed by atoms with Crippen LogP contribution in [0.1, 0.15) is 43.0 Å². The van der Waals surface area contributed by atoms with Gasteiger partial charge >= 0.3 is 0 Å². The molecule has 146 valence electrons. The number of hydrogen-bond acceptors (Lipinski definition) is 4. The Morgan fingerprint density at radius 1 is 1.19 bits per heavy atom. The smallest absolute Gasteiger partial charge is 0.224 e. The summed E-state index contributed by atoms with van der Waals surface area (Å²) in [5, 5.41) is 12.7. The number of amides is 1. The average Bonchev–Trinajstić information content (AvgIpc) is 3.06. The lowest BCUT2D eigenvalue weighted by atomic mass is 10.2. The van der Waals surface area contributed by atoms with Gasteiger partial charge in [0.05, 0.1) is 17.2 Å². The molecule has 0 fully saturated rings. The van der Waals surface area contributed by atoms with Crippen molar-refractivity contribution in [2.24, 2.45) is 4.99 Å². The van der Waals surface area contributed by atoms with Crippen LogP contribution in [0.15, 0.2) is 34.6 Å². The van der Waals surface area contributed by atoms with Crippen LogP contribution in [0.5, 0.6) is 0 Å². The quantitative estimate of drug-likeness (QED) is 0.455. The number of thiazole rings is 1. The molecule has 0 spiro atoms. The number of aryl methyl sites for hydroxylation is 1. The Hall–Kier alpha value is -2.41. The minimum Gasteiger partial charge on any atom is -0.357 e. The van der Waals surface area contributed by atoms with E-state index >= 15 is 0 Å². The van der Waals surface area contributed by atoms with Gasteiger partial charge in [0, 0.05) is 37.0 Å². The van der Waals surface area contributed by atoms with Gasteiger partial charge in [-0.1, -0.05) is 19.1 Å². The second-order valence-corrected chi connectivity index (χ2v) is 7.29. The van der Waals surface area contributed by atoms with Crippen LogP contribution in [0.4, 0.5) is 5.69 Å². The molecule has 0 radical (unpaired) electrons. The number of benzene rings is 1. The normalized spacial score (nSPS) is 11.3. The highest BCUT2D eigenvalue weighted by atomic mass is 32.1. The Balaban J connectivity index is 1.84. The first-order chi connectivity index (χ1) is 13.1. The summed E-state index contributed by atoms with van der Waals surface area (Å²) in [6.07, 6.45) is 2.27. The first kappa shape index (κ1) is 20.9. The number of aromatic nitrogens is 1. The number of carbonyl (C=O) groups is 1. The van der Waals surface area contributed by atoms with E-state index < -0.39 is 0 Å². The number of aliphatic imine (C=N–C) groups is 1. The fourth-order valence-electron chi connectivity index (χ4n) is 2.49. The van der Waals surface area contributed by atoms with Crippen LogP contribution >= 0.6 is 11.3 Å². The molecule has 1 aromatic carbocycles. The highest BCUT2D eigenvalue weighted by Crippen LogP contribution is 2.11. The van der Waals surface area contributed by atoms with E-state index in [1.54, 1.807) is 11.3 Å². The van der Waals surface area contributed by atoms with E-state index in [2.05, 4.69) is 38.2 Å². The van der Waals surface area contributed by atoms with Crippen LogP contribution in [0.2, 0.25) is 0 Å². The maximum Gasteiger partial charge on any atom is 0.224 e. The Kier molecular flexibility index (Phi) is 8.77. The monoisotopic (exact) mass is 387 g/mol. The summed E-state index contributed by atoms with van der Waals surface area (Å²) >= 11 is 1.68. The van der Waals surface area contributed by atoms with Crippen LogP contribution in [-0.2, 0) is 17.8 Å². The molecule has 0 atom stereocenters. The molecule has 0 aliphatic rings. The average molecular weight is 388 g/mol. The molecule has 27 heavy (non-hydrogen) atoms. The predicted molar refractivity (Wildman–Crippen MR) is 113 cm³/mol. The second kappa shape index (κ2) is 11.3. The van der Waals surface area contributed by atoms with Gasteiger partial charge in [-0.2, -0.15) is 0 Å². The molecule has 1 amide bonds. The number of hydrogen-bond donors (Lipinski definition) is 3. The first-order valence-corrected chi connectivity index (χ1v) is 10.3. The Morgan fingerprint density at radius 3 is 2.59 bits per heavy atom. The molecule has 1 heterocycles. The topological polar surface area (TPSA) is 78.4 Å². The molecule has 6 nitrogen and oxygen atoms in total. The maximum atomic E-state index is 11.6. The van der Waals surface area contributed by atoms with E-state index in [9.17, 15) is 4.79 Å². The van der Waals surface area contributed by atoms with Crippen LogP contribution in [-0.4, -0.2) is 29.9 Å². The van der Waals surface area contributed by atoms with Crippen molar-refractivity contribution in [2.45, 2.75) is 46.6 Å². The van der Waals surface area contributed by atoms with Crippen LogP contribution in [0, 0.1) is 6.92 Å². The summed E-state index contributed by atoms with van der Waals surface area (Å²) in [4.78, 5) is 20.7. The molecule has 2 aromatic rings. The summed E-state index contributed by atoms with van der Waals surface area (Å²) in [7, 11) is 0. The minimum atomic E-state index is 0.0530. The highest BCUT2D eigenvalue weighted by Gasteiger charge is 2.02. The van der Waals surface area contributed by atoms with Crippen LogP contribution in [0.3, 0.4) is 0 Å². The molecule has 7 heteroatoms. The number of guanidine groups is 1. The largest absolute Gasteiger partial charge is 0.357 e. The molecule has 3 N–H and O–H groups in total. The van der Waals surface area contributed by atoms with Crippen molar-refractivity contribution >= 4 is 28.9 Å². The zero-order chi connectivity index (χ0) is 19.5. The number of rotatable bonds is 9. The molecule has 1 aromatic heterocycles. The molecule has 0 bridgehead atoms. The SMILES string of the molecule is CCCC(=O)Nc1ccc(CN=C(NCC)NCCc2csc(C)n2)cc1. The molecule has 2 rings (SSSR count). The van der Waals surface area contributed by atoms with Crippen LogP contribution < -0.4 is 16.0 Å². The van der Waals surface area contributed by atoms with Crippen molar-refractivity contribution in [3.63, 3.8) is 0 Å². The van der Waals surface area contributed by atoms with E-state index in [-0.39, 0.29) is 5.91 Å². The third-order valence-corrected chi connectivity index (χ3v) is 4.64. The second-order valence-electron chi connectivity index (χ2n) is 6.22. The van der Waals surface area contributed by atoms with Gasteiger partial charge in [-0.25, -0.2) is 9.98 Å². The fourth-order valence-corrected chi connectivity index (χ4v) is 3.14. The molecular formula is C20H29N5OS. The van der Waals surface area contributed by atoms with Gasteiger partial charge in [-0.15, -0.1) is 11.3 Å². The van der Waals surface area contributed by atoms with Crippen molar-refractivity contribution in [2.75, 3.05) is 18.4 Å². The summed E-state index contributed by atoms with van der Waals surface area (Å²) in [5.74, 6) is 0.849. The Morgan fingerprint density at radius 2 is 1.96 bits per heavy atom. The van der Waals surface area contributed by atoms with E-state index in [1.807, 2.05) is 38.1 Å². The van der Waals surface area contributed by atoms with Gasteiger partial charge in [-0.3, -0.25) is 4.79 Å². The first-order valence-electron chi connectivity index (χ1n) is 9.42. The number of nitrogens with one attached hydrogen (secondary N) is 3. The van der Waals surface area contributed by atoms with Gasteiger partial charge in [0.1, 0.15) is 0 Å². The lowest BCUT2D eigenvalue weighted by molar-refractivity contribution is -0.116. The lowest BCUT2D eigenvalue weighted by Gasteiger charge is -2.11. The van der Waals surface area contributed by atoms with Crippen molar-refractivity contribution in [3.8, 4) is 0 Å². The van der Waals surface area contributed by atoms with Crippen molar-refractivity contribution in [1.82, 2.24) is 15.6 Å². The number of carbonyl (C=O) groups excluding carboxylic acids is 1. The standard InChI is InChI=1S/C20H29N5OS/c1-4-6-19(26)25-17-9-7-16(8-10-17)13-23-20(21-5-2)22-12-11-18-14-27-15(3)24-18/h7-10,14H,4-6,11-13H2,1-3H3,(H,25,26)(H2,21,22,23).